The fourth-order valence-electron chi connectivity index (χ4n) is 1.73. The van der Waals surface area contributed by atoms with Crippen molar-refractivity contribution in [2.45, 2.75) is 0 Å². The highest BCUT2D eigenvalue weighted by Gasteiger charge is 2.04. The summed E-state index contributed by atoms with van der Waals surface area (Å²) in [5.41, 5.74) is 1.35. The summed E-state index contributed by atoms with van der Waals surface area (Å²) in [4.78, 5) is 16.6. The van der Waals surface area contributed by atoms with Gasteiger partial charge in [-0.1, -0.05) is 22.0 Å². The second kappa shape index (κ2) is 3.42. The Kier molecular flexibility index (Phi) is 2.04. The predicted molar refractivity (Wildman–Crippen MR) is 66.7 cm³/mol. The first kappa shape index (κ1) is 9.54. The number of hydrogen-bond donors (Lipinski definition) is 0. The predicted octanol–water partition coefficient (Wildman–Crippen LogP) is 2.61. The Morgan fingerprint density at radius 3 is 2.94 bits per heavy atom. The van der Waals surface area contributed by atoms with E-state index in [-0.39, 0.29) is 5.56 Å². The Morgan fingerprint density at radius 1 is 1.19 bits per heavy atom. The molecule has 3 nitrogen and oxygen atoms in total. The quantitative estimate of drug-likeness (QED) is 0.591. The Hall–Kier alpha value is -1.68. The van der Waals surface area contributed by atoms with Gasteiger partial charge in [0.05, 0.1) is 10.9 Å². The third-order valence-electron chi connectivity index (χ3n) is 2.48. The van der Waals surface area contributed by atoms with Gasteiger partial charge in [0.2, 0.25) is 0 Å². The number of aromatic nitrogens is 2. The lowest BCUT2D eigenvalue weighted by atomic mass is 10.2. The zero-order valence-corrected chi connectivity index (χ0v) is 9.81. The highest BCUT2D eigenvalue weighted by molar-refractivity contribution is 9.10. The molecule has 0 aliphatic carbocycles. The molecule has 4 heteroatoms. The molecule has 3 aromatic rings. The van der Waals surface area contributed by atoms with E-state index in [1.807, 2.05) is 30.3 Å². The van der Waals surface area contributed by atoms with Crippen LogP contribution in [-0.4, -0.2) is 9.38 Å². The SMILES string of the molecule is O=c1c2cc(Br)ccc2nc2ccccn12. The fraction of sp³-hybridized carbons (Fsp3) is 0. The molecule has 1 aromatic carbocycles. The number of pyridine rings is 1. The van der Waals surface area contributed by atoms with Gasteiger partial charge in [-0.25, -0.2) is 4.98 Å². The van der Waals surface area contributed by atoms with E-state index >= 15 is 0 Å². The Morgan fingerprint density at radius 2 is 2.06 bits per heavy atom. The number of benzene rings is 1. The van der Waals surface area contributed by atoms with Crippen molar-refractivity contribution in [2.24, 2.45) is 0 Å². The van der Waals surface area contributed by atoms with Crippen LogP contribution < -0.4 is 5.56 Å². The van der Waals surface area contributed by atoms with E-state index in [4.69, 9.17) is 0 Å². The van der Waals surface area contributed by atoms with E-state index < -0.39 is 0 Å². The molecule has 0 unspecified atom stereocenters. The van der Waals surface area contributed by atoms with Gasteiger partial charge in [0.1, 0.15) is 5.65 Å². The van der Waals surface area contributed by atoms with Crippen molar-refractivity contribution in [1.82, 2.24) is 9.38 Å². The third kappa shape index (κ3) is 1.34. The van der Waals surface area contributed by atoms with Crippen LogP contribution in [0, 0.1) is 0 Å². The second-order valence-corrected chi connectivity index (χ2v) is 4.42. The van der Waals surface area contributed by atoms with Crippen LogP contribution in [0.5, 0.6) is 0 Å². The molecule has 0 N–H and O–H groups in total. The van der Waals surface area contributed by atoms with Crippen LogP contribution in [-0.2, 0) is 0 Å². The van der Waals surface area contributed by atoms with Crippen molar-refractivity contribution in [3.63, 3.8) is 0 Å². The summed E-state index contributed by atoms with van der Waals surface area (Å²) in [5.74, 6) is 0. The Bertz CT molecular complexity index is 749. The molecule has 0 radical (unpaired) electrons. The second-order valence-electron chi connectivity index (χ2n) is 3.51. The standard InChI is InChI=1S/C12H7BrN2O/c13-8-4-5-10-9(7-8)12(16)15-6-2-1-3-11(15)14-10/h1-7H. The maximum atomic E-state index is 12.1. The van der Waals surface area contributed by atoms with E-state index in [2.05, 4.69) is 20.9 Å². The average Bonchev–Trinajstić information content (AvgIpc) is 2.31. The molecule has 0 aliphatic rings. The van der Waals surface area contributed by atoms with Crippen molar-refractivity contribution < 1.29 is 0 Å². The molecule has 0 bridgehead atoms. The summed E-state index contributed by atoms with van der Waals surface area (Å²) in [6.07, 6.45) is 1.73. The summed E-state index contributed by atoms with van der Waals surface area (Å²) < 4.78 is 2.43. The van der Waals surface area contributed by atoms with Gasteiger partial charge in [0.15, 0.2) is 0 Å². The third-order valence-corrected chi connectivity index (χ3v) is 2.97. The highest BCUT2D eigenvalue weighted by Crippen LogP contribution is 2.15. The molecule has 0 fully saturated rings. The molecule has 0 atom stereocenters. The van der Waals surface area contributed by atoms with Gasteiger partial charge in [0.25, 0.3) is 5.56 Å². The lowest BCUT2D eigenvalue weighted by Crippen LogP contribution is -2.14. The first-order valence-electron chi connectivity index (χ1n) is 4.82. The molecule has 2 aromatic heterocycles. The molecule has 0 saturated heterocycles. The zero-order chi connectivity index (χ0) is 11.1. The molecule has 3 rings (SSSR count). The summed E-state index contributed by atoms with van der Waals surface area (Å²) in [6.45, 7) is 0. The molecular formula is C12H7BrN2O. The topological polar surface area (TPSA) is 34.4 Å². The normalized spacial score (nSPS) is 11.1. The molecule has 78 valence electrons. The molecule has 0 spiro atoms. The minimum atomic E-state index is -0.0399. The largest absolute Gasteiger partial charge is 0.268 e. The van der Waals surface area contributed by atoms with E-state index in [1.54, 1.807) is 16.7 Å². The average molecular weight is 275 g/mol. The summed E-state index contributed by atoms with van der Waals surface area (Å²) in [7, 11) is 0. The van der Waals surface area contributed by atoms with Crippen LogP contribution in [0.25, 0.3) is 16.6 Å². The first-order valence-corrected chi connectivity index (χ1v) is 5.62. The van der Waals surface area contributed by atoms with E-state index in [1.165, 1.54) is 0 Å². The van der Waals surface area contributed by atoms with Crippen molar-refractivity contribution in [3.05, 3.63) is 57.4 Å². The van der Waals surface area contributed by atoms with Crippen LogP contribution >= 0.6 is 15.9 Å². The molecule has 0 saturated carbocycles. The van der Waals surface area contributed by atoms with Crippen LogP contribution in [0.3, 0.4) is 0 Å². The van der Waals surface area contributed by atoms with Crippen LogP contribution in [0.15, 0.2) is 51.9 Å². The van der Waals surface area contributed by atoms with Crippen LogP contribution in [0.1, 0.15) is 0 Å². The number of hydrogen-bond acceptors (Lipinski definition) is 2. The van der Waals surface area contributed by atoms with Gasteiger partial charge in [-0.05, 0) is 30.3 Å². The maximum absolute atomic E-state index is 12.1. The lowest BCUT2D eigenvalue weighted by molar-refractivity contribution is 1.08. The number of halogens is 1. The minimum Gasteiger partial charge on any atom is -0.268 e. The summed E-state index contributed by atoms with van der Waals surface area (Å²) in [6, 6.07) is 11.0. The number of nitrogens with zero attached hydrogens (tertiary/aromatic N) is 2. The van der Waals surface area contributed by atoms with Gasteiger partial charge >= 0.3 is 0 Å². The van der Waals surface area contributed by atoms with Crippen LogP contribution in [0.4, 0.5) is 0 Å². The summed E-state index contributed by atoms with van der Waals surface area (Å²) in [5, 5.41) is 0.623. The van der Waals surface area contributed by atoms with Gasteiger partial charge in [-0.2, -0.15) is 0 Å². The smallest absolute Gasteiger partial charge is 0.265 e. The van der Waals surface area contributed by atoms with Crippen LogP contribution in [0.2, 0.25) is 0 Å². The van der Waals surface area contributed by atoms with Crippen molar-refractivity contribution in [2.75, 3.05) is 0 Å². The Balaban J connectivity index is 2.61. The van der Waals surface area contributed by atoms with E-state index in [9.17, 15) is 4.79 Å². The highest BCUT2D eigenvalue weighted by atomic mass is 79.9. The van der Waals surface area contributed by atoms with E-state index in [0.29, 0.717) is 11.0 Å². The minimum absolute atomic E-state index is 0.0399. The monoisotopic (exact) mass is 274 g/mol. The number of fused-ring (bicyclic) bond motifs is 2. The molecule has 16 heavy (non-hydrogen) atoms. The molecule has 0 aliphatic heterocycles. The summed E-state index contributed by atoms with van der Waals surface area (Å²) >= 11 is 3.35. The first-order chi connectivity index (χ1) is 7.75. The molecule has 2 heterocycles. The van der Waals surface area contributed by atoms with Crippen molar-refractivity contribution >= 4 is 32.5 Å². The van der Waals surface area contributed by atoms with Gasteiger partial charge in [-0.3, -0.25) is 9.20 Å². The number of rotatable bonds is 0. The van der Waals surface area contributed by atoms with Crippen molar-refractivity contribution in [3.8, 4) is 0 Å². The van der Waals surface area contributed by atoms with Gasteiger partial charge < -0.3 is 0 Å². The fourth-order valence-corrected chi connectivity index (χ4v) is 2.09. The van der Waals surface area contributed by atoms with Crippen molar-refractivity contribution in [1.29, 1.82) is 0 Å². The van der Waals surface area contributed by atoms with E-state index in [0.717, 1.165) is 9.99 Å². The lowest BCUT2D eigenvalue weighted by Gasteiger charge is -2.02. The zero-order valence-electron chi connectivity index (χ0n) is 8.22. The molecule has 0 amide bonds. The van der Waals surface area contributed by atoms with Gasteiger partial charge in [0, 0.05) is 10.7 Å². The maximum Gasteiger partial charge on any atom is 0.265 e. The molecular weight excluding hydrogens is 268 g/mol. The van der Waals surface area contributed by atoms with Gasteiger partial charge in [-0.15, -0.1) is 0 Å². The Labute approximate surface area is 99.5 Å².